The number of alkyl halides is 1. The summed E-state index contributed by atoms with van der Waals surface area (Å²) in [5.74, 6) is 0. The smallest absolute Gasteiger partial charge is 0.118 e. The van der Waals surface area contributed by atoms with Crippen molar-refractivity contribution < 1.29 is 4.39 Å². The van der Waals surface area contributed by atoms with E-state index >= 15 is 0 Å². The van der Waals surface area contributed by atoms with Crippen LogP contribution >= 0.6 is 0 Å². The second kappa shape index (κ2) is 1.69. The Hall–Kier alpha value is -0.110. The molecule has 0 aliphatic heterocycles. The molecule has 1 aliphatic rings. The van der Waals surface area contributed by atoms with Gasteiger partial charge in [-0.2, -0.15) is 0 Å². The summed E-state index contributed by atoms with van der Waals surface area (Å²) in [6.45, 7) is 1.78. The van der Waals surface area contributed by atoms with Gasteiger partial charge in [-0.15, -0.1) is 0 Å². The van der Waals surface area contributed by atoms with Gasteiger partial charge >= 0.3 is 0 Å². The molecule has 48 valence electrons. The van der Waals surface area contributed by atoms with Gasteiger partial charge in [0.05, 0.1) is 0 Å². The lowest BCUT2D eigenvalue weighted by Crippen LogP contribution is -2.41. The molecule has 2 heteroatoms. The monoisotopic (exact) mass is 117 g/mol. The normalized spacial score (nSPS) is 47.6. The topological polar surface area (TPSA) is 26.0 Å². The third-order valence-corrected chi connectivity index (χ3v) is 1.89. The van der Waals surface area contributed by atoms with Crippen LogP contribution in [0.1, 0.15) is 26.2 Å². The molecule has 0 saturated heterocycles. The van der Waals surface area contributed by atoms with Crippen molar-refractivity contribution in [3.63, 3.8) is 0 Å². The van der Waals surface area contributed by atoms with Crippen LogP contribution in [0.5, 0.6) is 0 Å². The first kappa shape index (κ1) is 6.02. The minimum Gasteiger partial charge on any atom is -0.323 e. The Labute approximate surface area is 49.1 Å². The minimum atomic E-state index is -0.762. The number of halogens is 1. The Morgan fingerprint density at radius 3 is 2.50 bits per heavy atom. The van der Waals surface area contributed by atoms with Crippen molar-refractivity contribution in [2.24, 2.45) is 5.73 Å². The molecule has 0 aromatic carbocycles. The quantitative estimate of drug-likeness (QED) is 0.507. The average Bonchev–Trinajstić information content (AvgIpc) is 1.86. The molecule has 8 heavy (non-hydrogen) atoms. The molecule has 0 bridgehead atoms. The summed E-state index contributed by atoms with van der Waals surface area (Å²) in [7, 11) is 0. The first-order chi connectivity index (χ1) is 3.63. The lowest BCUT2D eigenvalue weighted by atomic mass is 10.0. The Balaban J connectivity index is 2.54. The maximum atomic E-state index is 12.6. The van der Waals surface area contributed by atoms with Gasteiger partial charge in [0.2, 0.25) is 0 Å². The zero-order valence-corrected chi connectivity index (χ0v) is 5.15. The summed E-state index contributed by atoms with van der Waals surface area (Å²) in [6.07, 6.45) is 1.69. The van der Waals surface area contributed by atoms with Crippen molar-refractivity contribution in [1.29, 1.82) is 0 Å². The van der Waals surface area contributed by atoms with Gasteiger partial charge < -0.3 is 5.73 Å². The van der Waals surface area contributed by atoms with Crippen LogP contribution in [0, 0.1) is 0 Å². The molecule has 1 rings (SSSR count). The maximum Gasteiger partial charge on any atom is 0.118 e. The summed E-state index contributed by atoms with van der Waals surface area (Å²) < 4.78 is 12.6. The lowest BCUT2D eigenvalue weighted by molar-refractivity contribution is 0.240. The van der Waals surface area contributed by atoms with Crippen LogP contribution in [0.25, 0.3) is 0 Å². The lowest BCUT2D eigenvalue weighted by Gasteiger charge is -2.19. The molecule has 0 amide bonds. The van der Waals surface area contributed by atoms with Gasteiger partial charge in [-0.25, -0.2) is 4.39 Å². The molecule has 0 heterocycles. The molecular weight excluding hydrogens is 105 g/mol. The summed E-state index contributed by atoms with van der Waals surface area (Å²) in [5.41, 5.74) is 5.03. The van der Waals surface area contributed by atoms with Crippen molar-refractivity contribution in [3.05, 3.63) is 0 Å². The van der Waals surface area contributed by atoms with Gasteiger partial charge in [0.25, 0.3) is 0 Å². The van der Waals surface area contributed by atoms with Crippen molar-refractivity contribution in [2.75, 3.05) is 0 Å². The van der Waals surface area contributed by atoms with Gasteiger partial charge in [0.1, 0.15) is 6.17 Å². The molecule has 0 spiro atoms. The van der Waals surface area contributed by atoms with Gasteiger partial charge in [-0.05, 0) is 26.2 Å². The van der Waals surface area contributed by atoms with Gasteiger partial charge in [0, 0.05) is 5.54 Å². The zero-order chi connectivity index (χ0) is 6.20. The molecule has 1 fully saturated rings. The van der Waals surface area contributed by atoms with Gasteiger partial charge in [-0.1, -0.05) is 0 Å². The number of nitrogens with two attached hydrogens (primary N) is 1. The van der Waals surface area contributed by atoms with E-state index in [0.29, 0.717) is 6.42 Å². The SMILES string of the molecule is CC1(N)CCCC1F. The highest BCUT2D eigenvalue weighted by Gasteiger charge is 2.34. The molecule has 1 saturated carbocycles. The molecule has 2 atom stereocenters. The Bertz CT molecular complexity index is 90.5. The Morgan fingerprint density at radius 1 is 1.75 bits per heavy atom. The molecule has 0 aromatic heterocycles. The van der Waals surface area contributed by atoms with E-state index in [1.165, 1.54) is 0 Å². The fourth-order valence-electron chi connectivity index (χ4n) is 1.15. The molecule has 0 radical (unpaired) electrons. The highest BCUT2D eigenvalue weighted by atomic mass is 19.1. The fourth-order valence-corrected chi connectivity index (χ4v) is 1.15. The molecule has 1 aliphatic carbocycles. The maximum absolute atomic E-state index is 12.6. The summed E-state index contributed by atoms with van der Waals surface area (Å²) in [4.78, 5) is 0. The first-order valence-corrected chi connectivity index (χ1v) is 3.06. The van der Waals surface area contributed by atoms with E-state index in [-0.39, 0.29) is 0 Å². The highest BCUT2D eigenvalue weighted by molar-refractivity contribution is 4.92. The van der Waals surface area contributed by atoms with Gasteiger partial charge in [-0.3, -0.25) is 0 Å². The standard InChI is InChI=1S/C6H12FN/c1-6(8)4-2-3-5(6)7/h5H,2-4,8H2,1H3. The summed E-state index contributed by atoms with van der Waals surface area (Å²) in [6, 6.07) is 0. The third kappa shape index (κ3) is 0.848. The molecule has 2 N–H and O–H groups in total. The van der Waals surface area contributed by atoms with E-state index < -0.39 is 11.7 Å². The third-order valence-electron chi connectivity index (χ3n) is 1.89. The van der Waals surface area contributed by atoms with E-state index in [1.807, 2.05) is 0 Å². The van der Waals surface area contributed by atoms with Crippen molar-refractivity contribution in [2.45, 2.75) is 37.9 Å². The van der Waals surface area contributed by atoms with Crippen LogP contribution < -0.4 is 5.73 Å². The van der Waals surface area contributed by atoms with Crippen LogP contribution in [0.4, 0.5) is 4.39 Å². The zero-order valence-electron chi connectivity index (χ0n) is 5.15. The van der Waals surface area contributed by atoms with E-state index in [9.17, 15) is 4.39 Å². The number of hydrogen-bond donors (Lipinski definition) is 1. The average molecular weight is 117 g/mol. The van der Waals surface area contributed by atoms with Crippen molar-refractivity contribution >= 4 is 0 Å². The van der Waals surface area contributed by atoms with Crippen molar-refractivity contribution in [1.82, 2.24) is 0 Å². The molecule has 1 nitrogen and oxygen atoms in total. The largest absolute Gasteiger partial charge is 0.323 e. The van der Waals surface area contributed by atoms with E-state index in [0.717, 1.165) is 12.8 Å². The summed E-state index contributed by atoms with van der Waals surface area (Å²) in [5, 5.41) is 0. The predicted octanol–water partition coefficient (Wildman–Crippen LogP) is 1.23. The highest BCUT2D eigenvalue weighted by Crippen LogP contribution is 2.29. The predicted molar refractivity (Wildman–Crippen MR) is 31.3 cm³/mol. The first-order valence-electron chi connectivity index (χ1n) is 3.06. The Morgan fingerprint density at radius 2 is 2.38 bits per heavy atom. The van der Waals surface area contributed by atoms with Crippen LogP contribution in [0.3, 0.4) is 0 Å². The molecule has 2 unspecified atom stereocenters. The van der Waals surface area contributed by atoms with E-state index in [4.69, 9.17) is 5.73 Å². The minimum absolute atomic E-state index is 0.514. The van der Waals surface area contributed by atoms with Gasteiger partial charge in [0.15, 0.2) is 0 Å². The second-order valence-electron chi connectivity index (χ2n) is 2.87. The summed E-state index contributed by atoms with van der Waals surface area (Å²) >= 11 is 0. The molecular formula is C6H12FN. The van der Waals surface area contributed by atoms with Crippen LogP contribution in [0.2, 0.25) is 0 Å². The van der Waals surface area contributed by atoms with E-state index in [2.05, 4.69) is 0 Å². The van der Waals surface area contributed by atoms with Crippen molar-refractivity contribution in [3.8, 4) is 0 Å². The Kier molecular flexibility index (Phi) is 1.27. The number of rotatable bonds is 0. The van der Waals surface area contributed by atoms with Crippen LogP contribution in [-0.2, 0) is 0 Å². The second-order valence-corrected chi connectivity index (χ2v) is 2.87. The van der Waals surface area contributed by atoms with Crippen LogP contribution in [0.15, 0.2) is 0 Å². The number of hydrogen-bond acceptors (Lipinski definition) is 1. The van der Waals surface area contributed by atoms with E-state index in [1.54, 1.807) is 6.92 Å². The van der Waals surface area contributed by atoms with Crippen LogP contribution in [-0.4, -0.2) is 11.7 Å². The fraction of sp³-hybridized carbons (Fsp3) is 1.00. The molecule has 0 aromatic rings.